The van der Waals surface area contributed by atoms with Crippen molar-refractivity contribution >= 4 is 0 Å². The third-order valence-corrected chi connectivity index (χ3v) is 3.59. The molecular weight excluding hydrogens is 206 g/mol. The summed E-state index contributed by atoms with van der Waals surface area (Å²) in [5.41, 5.74) is -0.445. The van der Waals surface area contributed by atoms with Gasteiger partial charge in [-0.25, -0.2) is 0 Å². The highest BCUT2D eigenvalue weighted by Crippen LogP contribution is 2.30. The number of nitrogens with zero attached hydrogens (tertiary/aromatic N) is 1. The summed E-state index contributed by atoms with van der Waals surface area (Å²) in [6.45, 7) is 2.88. The van der Waals surface area contributed by atoms with Gasteiger partial charge in [0.15, 0.2) is 0 Å². The molecule has 0 aromatic carbocycles. The molecule has 0 aromatic rings. The standard InChI is InChI=1S/C12H23NO3/c1-13(8-11-4-7-15-10-16-11)9-12(14)5-2-3-6-12/h11,14H,2-10H2,1H3. The number of ether oxygens (including phenoxy) is 2. The van der Waals surface area contributed by atoms with Gasteiger partial charge in [0.05, 0.1) is 18.3 Å². The Hall–Kier alpha value is -0.160. The monoisotopic (exact) mass is 229 g/mol. The largest absolute Gasteiger partial charge is 0.389 e. The van der Waals surface area contributed by atoms with E-state index in [0.29, 0.717) is 6.79 Å². The summed E-state index contributed by atoms with van der Waals surface area (Å²) in [6.07, 6.45) is 5.46. The normalized spacial score (nSPS) is 29.8. The van der Waals surface area contributed by atoms with Gasteiger partial charge in [0.25, 0.3) is 0 Å². The van der Waals surface area contributed by atoms with Gasteiger partial charge in [0.1, 0.15) is 6.79 Å². The lowest BCUT2D eigenvalue weighted by atomic mass is 10.0. The van der Waals surface area contributed by atoms with E-state index in [4.69, 9.17) is 9.47 Å². The van der Waals surface area contributed by atoms with Crippen LogP contribution in [0.25, 0.3) is 0 Å². The molecule has 1 saturated carbocycles. The predicted octanol–water partition coefficient (Wildman–Crippen LogP) is 0.986. The van der Waals surface area contributed by atoms with E-state index < -0.39 is 5.60 Å². The molecule has 0 spiro atoms. The van der Waals surface area contributed by atoms with Gasteiger partial charge in [-0.2, -0.15) is 0 Å². The van der Waals surface area contributed by atoms with E-state index in [-0.39, 0.29) is 6.10 Å². The van der Waals surface area contributed by atoms with E-state index in [1.54, 1.807) is 0 Å². The molecule has 1 saturated heterocycles. The second kappa shape index (κ2) is 5.45. The minimum Gasteiger partial charge on any atom is -0.389 e. The highest BCUT2D eigenvalue weighted by Gasteiger charge is 2.32. The Morgan fingerprint density at radius 1 is 1.38 bits per heavy atom. The molecule has 2 fully saturated rings. The van der Waals surface area contributed by atoms with Crippen molar-refractivity contribution in [2.45, 2.75) is 43.8 Å². The zero-order valence-corrected chi connectivity index (χ0v) is 10.2. The summed E-state index contributed by atoms with van der Waals surface area (Å²) in [4.78, 5) is 2.20. The molecule has 16 heavy (non-hydrogen) atoms. The first kappa shape index (κ1) is 12.3. The van der Waals surface area contributed by atoms with Crippen LogP contribution in [0, 0.1) is 0 Å². The van der Waals surface area contributed by atoms with E-state index in [1.807, 2.05) is 0 Å². The Morgan fingerprint density at radius 3 is 2.75 bits per heavy atom. The molecule has 0 radical (unpaired) electrons. The Morgan fingerprint density at radius 2 is 2.12 bits per heavy atom. The van der Waals surface area contributed by atoms with Gasteiger partial charge in [-0.1, -0.05) is 12.8 Å². The third-order valence-electron chi connectivity index (χ3n) is 3.59. The molecule has 4 nitrogen and oxygen atoms in total. The predicted molar refractivity (Wildman–Crippen MR) is 61.2 cm³/mol. The maximum Gasteiger partial charge on any atom is 0.147 e. The molecule has 4 heteroatoms. The Balaban J connectivity index is 1.72. The van der Waals surface area contributed by atoms with Crippen molar-refractivity contribution in [2.75, 3.05) is 33.5 Å². The molecule has 0 bridgehead atoms. The van der Waals surface area contributed by atoms with Crippen LogP contribution in [-0.2, 0) is 9.47 Å². The fourth-order valence-corrected chi connectivity index (χ4v) is 2.75. The molecule has 1 atom stereocenters. The first-order chi connectivity index (χ1) is 7.68. The topological polar surface area (TPSA) is 41.9 Å². The van der Waals surface area contributed by atoms with E-state index in [0.717, 1.165) is 51.8 Å². The van der Waals surface area contributed by atoms with Gasteiger partial charge in [0.2, 0.25) is 0 Å². The van der Waals surface area contributed by atoms with Crippen LogP contribution in [0.4, 0.5) is 0 Å². The Kier molecular flexibility index (Phi) is 4.19. The third kappa shape index (κ3) is 3.42. The highest BCUT2D eigenvalue weighted by atomic mass is 16.7. The summed E-state index contributed by atoms with van der Waals surface area (Å²) in [6, 6.07) is 0. The fourth-order valence-electron chi connectivity index (χ4n) is 2.75. The Bertz CT molecular complexity index is 210. The Labute approximate surface area is 97.5 Å². The first-order valence-electron chi connectivity index (χ1n) is 6.28. The van der Waals surface area contributed by atoms with Crippen molar-refractivity contribution in [3.05, 3.63) is 0 Å². The minimum atomic E-state index is -0.445. The summed E-state index contributed by atoms with van der Waals surface area (Å²) < 4.78 is 10.6. The molecule has 0 aromatic heterocycles. The van der Waals surface area contributed by atoms with Crippen LogP contribution >= 0.6 is 0 Å². The van der Waals surface area contributed by atoms with E-state index >= 15 is 0 Å². The van der Waals surface area contributed by atoms with Crippen LogP contribution in [0.15, 0.2) is 0 Å². The second-order valence-electron chi connectivity index (χ2n) is 5.23. The number of aliphatic hydroxyl groups is 1. The van der Waals surface area contributed by atoms with Gasteiger partial charge in [-0.15, -0.1) is 0 Å². The lowest BCUT2D eigenvalue weighted by Gasteiger charge is -2.32. The van der Waals surface area contributed by atoms with Crippen LogP contribution in [0.3, 0.4) is 0 Å². The molecule has 1 heterocycles. The molecule has 94 valence electrons. The van der Waals surface area contributed by atoms with Crippen molar-refractivity contribution in [3.8, 4) is 0 Å². The van der Waals surface area contributed by atoms with Gasteiger partial charge in [-0.3, -0.25) is 0 Å². The summed E-state index contributed by atoms with van der Waals surface area (Å²) >= 11 is 0. The smallest absolute Gasteiger partial charge is 0.147 e. The average Bonchev–Trinajstić information content (AvgIpc) is 2.66. The fraction of sp³-hybridized carbons (Fsp3) is 1.00. The van der Waals surface area contributed by atoms with Crippen LogP contribution in [0.2, 0.25) is 0 Å². The second-order valence-corrected chi connectivity index (χ2v) is 5.23. The van der Waals surface area contributed by atoms with Gasteiger partial charge in [0, 0.05) is 13.1 Å². The van der Waals surface area contributed by atoms with E-state index in [9.17, 15) is 5.11 Å². The SMILES string of the molecule is CN(CC1CCOCO1)CC1(O)CCCC1. The molecular formula is C12H23NO3. The van der Waals surface area contributed by atoms with Crippen molar-refractivity contribution in [1.29, 1.82) is 0 Å². The highest BCUT2D eigenvalue weighted by molar-refractivity contribution is 4.87. The van der Waals surface area contributed by atoms with Crippen molar-refractivity contribution in [2.24, 2.45) is 0 Å². The summed E-state index contributed by atoms with van der Waals surface area (Å²) in [5.74, 6) is 0. The van der Waals surface area contributed by atoms with Crippen molar-refractivity contribution in [1.82, 2.24) is 4.90 Å². The van der Waals surface area contributed by atoms with E-state index in [2.05, 4.69) is 11.9 Å². The summed E-state index contributed by atoms with van der Waals surface area (Å²) in [7, 11) is 2.06. The summed E-state index contributed by atoms with van der Waals surface area (Å²) in [5, 5.41) is 10.3. The molecule has 2 aliphatic rings. The quantitative estimate of drug-likeness (QED) is 0.780. The zero-order chi connectivity index (χ0) is 11.4. The van der Waals surface area contributed by atoms with Crippen LogP contribution in [0.5, 0.6) is 0 Å². The van der Waals surface area contributed by atoms with Gasteiger partial charge in [-0.05, 0) is 26.3 Å². The molecule has 2 rings (SSSR count). The maximum absolute atomic E-state index is 10.3. The van der Waals surface area contributed by atoms with Crippen molar-refractivity contribution in [3.63, 3.8) is 0 Å². The van der Waals surface area contributed by atoms with Gasteiger partial charge < -0.3 is 19.5 Å². The lowest BCUT2D eigenvalue weighted by molar-refractivity contribution is -0.145. The van der Waals surface area contributed by atoms with Crippen molar-refractivity contribution < 1.29 is 14.6 Å². The average molecular weight is 229 g/mol. The molecule has 1 unspecified atom stereocenters. The first-order valence-corrected chi connectivity index (χ1v) is 6.28. The molecule has 1 aliphatic heterocycles. The van der Waals surface area contributed by atoms with Crippen LogP contribution in [0.1, 0.15) is 32.1 Å². The van der Waals surface area contributed by atoms with Crippen LogP contribution in [-0.4, -0.2) is 55.2 Å². The number of likely N-dealkylation sites (N-methyl/N-ethyl adjacent to an activating group) is 1. The van der Waals surface area contributed by atoms with Gasteiger partial charge >= 0.3 is 0 Å². The van der Waals surface area contributed by atoms with Crippen LogP contribution < -0.4 is 0 Å². The number of hydrogen-bond donors (Lipinski definition) is 1. The number of rotatable bonds is 4. The molecule has 0 amide bonds. The minimum absolute atomic E-state index is 0.267. The maximum atomic E-state index is 10.3. The number of hydrogen-bond acceptors (Lipinski definition) is 4. The van der Waals surface area contributed by atoms with E-state index in [1.165, 1.54) is 0 Å². The lowest BCUT2D eigenvalue weighted by Crippen LogP contribution is -2.43. The molecule has 1 aliphatic carbocycles. The zero-order valence-electron chi connectivity index (χ0n) is 10.2. The molecule has 1 N–H and O–H groups in total.